The minimum absolute atomic E-state index is 0.154. The second-order valence-corrected chi connectivity index (χ2v) is 4.70. The maximum atomic E-state index is 12.0. The van der Waals surface area contributed by atoms with E-state index in [9.17, 15) is 8.78 Å². The lowest BCUT2D eigenvalue weighted by Gasteiger charge is -2.09. The van der Waals surface area contributed by atoms with Gasteiger partial charge in [-0.15, -0.1) is 0 Å². The van der Waals surface area contributed by atoms with Gasteiger partial charge in [-0.1, -0.05) is 34.1 Å². The first-order valence-electron chi connectivity index (χ1n) is 5.67. The molecule has 0 fully saturated rings. The Balaban J connectivity index is 1.95. The molecule has 0 radical (unpaired) electrons. The van der Waals surface area contributed by atoms with Gasteiger partial charge in [-0.3, -0.25) is 0 Å². The van der Waals surface area contributed by atoms with Crippen LogP contribution >= 0.6 is 15.9 Å². The summed E-state index contributed by atoms with van der Waals surface area (Å²) in [6, 6.07) is 14.3. The van der Waals surface area contributed by atoms with Crippen LogP contribution in [-0.4, -0.2) is 6.61 Å². The van der Waals surface area contributed by atoms with E-state index in [-0.39, 0.29) is 5.75 Å². The quantitative estimate of drug-likeness (QED) is 0.862. The fourth-order valence-corrected chi connectivity index (χ4v) is 2.02. The predicted molar refractivity (Wildman–Crippen MR) is 74.5 cm³/mol. The van der Waals surface area contributed by atoms with E-state index >= 15 is 0 Å². The third kappa shape index (κ3) is 4.21. The third-order valence-corrected chi connectivity index (χ3v) is 3.29. The van der Waals surface area contributed by atoms with Crippen LogP contribution in [0.25, 0.3) is 0 Å². The summed E-state index contributed by atoms with van der Waals surface area (Å²) in [5.74, 6) is 0.154. The average Bonchev–Trinajstić information content (AvgIpc) is 2.39. The molecule has 2 nitrogen and oxygen atoms in total. The van der Waals surface area contributed by atoms with E-state index < -0.39 is 6.61 Å². The second kappa shape index (κ2) is 6.52. The minimum Gasteiger partial charge on any atom is -0.435 e. The van der Waals surface area contributed by atoms with Crippen molar-refractivity contribution in [2.45, 2.75) is 13.2 Å². The molecule has 0 aromatic heterocycles. The zero-order valence-electron chi connectivity index (χ0n) is 9.95. The van der Waals surface area contributed by atoms with Gasteiger partial charge in [0.15, 0.2) is 0 Å². The van der Waals surface area contributed by atoms with Crippen molar-refractivity contribution in [2.24, 2.45) is 0 Å². The molecule has 0 saturated heterocycles. The van der Waals surface area contributed by atoms with E-state index in [1.54, 1.807) is 12.1 Å². The standard InChI is InChI=1S/C14H12BrF2NO/c15-13-4-2-1-3-10(13)9-18-11-5-7-12(8-6-11)19-14(16)17/h1-8,14,18H,9H2. The van der Waals surface area contributed by atoms with Crippen molar-refractivity contribution in [3.63, 3.8) is 0 Å². The molecule has 0 aliphatic carbocycles. The number of hydrogen-bond acceptors (Lipinski definition) is 2. The molecule has 0 aliphatic heterocycles. The number of alkyl halides is 2. The smallest absolute Gasteiger partial charge is 0.387 e. The Labute approximate surface area is 118 Å². The summed E-state index contributed by atoms with van der Waals surface area (Å²) in [4.78, 5) is 0. The van der Waals surface area contributed by atoms with Crippen LogP contribution in [0, 0.1) is 0 Å². The fraction of sp³-hybridized carbons (Fsp3) is 0.143. The molecule has 0 spiro atoms. The summed E-state index contributed by atoms with van der Waals surface area (Å²) < 4.78 is 29.3. The van der Waals surface area contributed by atoms with Crippen molar-refractivity contribution in [1.82, 2.24) is 0 Å². The lowest BCUT2D eigenvalue weighted by molar-refractivity contribution is -0.0498. The highest BCUT2D eigenvalue weighted by molar-refractivity contribution is 9.10. The highest BCUT2D eigenvalue weighted by Crippen LogP contribution is 2.20. The number of rotatable bonds is 5. The molecule has 0 aliphatic rings. The average molecular weight is 328 g/mol. The van der Waals surface area contributed by atoms with Gasteiger partial charge < -0.3 is 10.1 Å². The molecule has 2 aromatic carbocycles. The molecule has 2 aromatic rings. The molecule has 0 unspecified atom stereocenters. The Bertz CT molecular complexity index is 531. The number of benzene rings is 2. The molecule has 2 rings (SSSR count). The van der Waals surface area contributed by atoms with Crippen LogP contribution in [0.2, 0.25) is 0 Å². The van der Waals surface area contributed by atoms with Crippen molar-refractivity contribution in [1.29, 1.82) is 0 Å². The van der Waals surface area contributed by atoms with E-state index in [0.29, 0.717) is 6.54 Å². The van der Waals surface area contributed by atoms with Crippen molar-refractivity contribution >= 4 is 21.6 Å². The van der Waals surface area contributed by atoms with Crippen LogP contribution in [0.1, 0.15) is 5.56 Å². The zero-order chi connectivity index (χ0) is 13.7. The molecular weight excluding hydrogens is 316 g/mol. The first-order valence-corrected chi connectivity index (χ1v) is 6.46. The topological polar surface area (TPSA) is 21.3 Å². The van der Waals surface area contributed by atoms with Crippen molar-refractivity contribution < 1.29 is 13.5 Å². The van der Waals surface area contributed by atoms with E-state index in [2.05, 4.69) is 26.0 Å². The van der Waals surface area contributed by atoms with Gasteiger partial charge in [-0.05, 0) is 35.9 Å². The maximum Gasteiger partial charge on any atom is 0.387 e. The number of ether oxygens (including phenoxy) is 1. The zero-order valence-corrected chi connectivity index (χ0v) is 11.5. The molecule has 0 heterocycles. The summed E-state index contributed by atoms with van der Waals surface area (Å²) in [7, 11) is 0. The first kappa shape index (κ1) is 13.8. The first-order chi connectivity index (χ1) is 9.15. The van der Waals surface area contributed by atoms with Crippen molar-refractivity contribution in [3.05, 3.63) is 58.6 Å². The molecule has 0 bridgehead atoms. The Morgan fingerprint density at radius 3 is 2.37 bits per heavy atom. The highest BCUT2D eigenvalue weighted by atomic mass is 79.9. The van der Waals surface area contributed by atoms with Gasteiger partial charge in [-0.2, -0.15) is 8.78 Å². The minimum atomic E-state index is -2.79. The summed E-state index contributed by atoms with van der Waals surface area (Å²) in [6.07, 6.45) is 0. The monoisotopic (exact) mass is 327 g/mol. The summed E-state index contributed by atoms with van der Waals surface area (Å²) in [6.45, 7) is -2.14. The second-order valence-electron chi connectivity index (χ2n) is 3.85. The van der Waals surface area contributed by atoms with E-state index in [4.69, 9.17) is 0 Å². The van der Waals surface area contributed by atoms with Crippen LogP contribution in [-0.2, 0) is 6.54 Å². The lowest BCUT2D eigenvalue weighted by atomic mass is 10.2. The molecule has 5 heteroatoms. The van der Waals surface area contributed by atoms with Crippen molar-refractivity contribution in [2.75, 3.05) is 5.32 Å². The lowest BCUT2D eigenvalue weighted by Crippen LogP contribution is -2.02. The van der Waals surface area contributed by atoms with Crippen LogP contribution in [0.3, 0.4) is 0 Å². The normalized spacial score (nSPS) is 10.5. The highest BCUT2D eigenvalue weighted by Gasteiger charge is 2.03. The van der Waals surface area contributed by atoms with Gasteiger partial charge in [0.25, 0.3) is 0 Å². The number of nitrogens with one attached hydrogen (secondary N) is 1. The Hall–Kier alpha value is -1.62. The van der Waals surface area contributed by atoms with Gasteiger partial charge in [0.05, 0.1) is 0 Å². The predicted octanol–water partition coefficient (Wildman–Crippen LogP) is 4.66. The van der Waals surface area contributed by atoms with Gasteiger partial charge in [0, 0.05) is 16.7 Å². The van der Waals surface area contributed by atoms with Crippen molar-refractivity contribution in [3.8, 4) is 5.75 Å². The Morgan fingerprint density at radius 2 is 1.74 bits per heavy atom. The van der Waals surface area contributed by atoms with Gasteiger partial charge >= 0.3 is 6.61 Å². The molecule has 0 atom stereocenters. The summed E-state index contributed by atoms with van der Waals surface area (Å²) >= 11 is 3.47. The van der Waals surface area contributed by atoms with E-state index in [0.717, 1.165) is 15.7 Å². The molecule has 1 N–H and O–H groups in total. The van der Waals surface area contributed by atoms with Crippen LogP contribution in [0.5, 0.6) is 5.75 Å². The van der Waals surface area contributed by atoms with Gasteiger partial charge in [0.2, 0.25) is 0 Å². The molecule has 0 amide bonds. The van der Waals surface area contributed by atoms with Gasteiger partial charge in [-0.25, -0.2) is 0 Å². The molecular formula is C14H12BrF2NO. The Kier molecular flexibility index (Phi) is 4.74. The van der Waals surface area contributed by atoms with E-state index in [1.807, 2.05) is 24.3 Å². The summed E-state index contributed by atoms with van der Waals surface area (Å²) in [5, 5.41) is 3.21. The number of anilines is 1. The van der Waals surface area contributed by atoms with Crippen LogP contribution < -0.4 is 10.1 Å². The molecule has 100 valence electrons. The summed E-state index contributed by atoms with van der Waals surface area (Å²) in [5.41, 5.74) is 1.97. The largest absolute Gasteiger partial charge is 0.435 e. The van der Waals surface area contributed by atoms with Crippen LogP contribution in [0.4, 0.5) is 14.5 Å². The molecule has 19 heavy (non-hydrogen) atoms. The third-order valence-electron chi connectivity index (χ3n) is 2.52. The Morgan fingerprint density at radius 1 is 1.05 bits per heavy atom. The number of halogens is 3. The SMILES string of the molecule is FC(F)Oc1ccc(NCc2ccccc2Br)cc1. The van der Waals surface area contributed by atoms with Gasteiger partial charge in [0.1, 0.15) is 5.75 Å². The number of hydrogen-bond donors (Lipinski definition) is 1. The van der Waals surface area contributed by atoms with E-state index in [1.165, 1.54) is 12.1 Å². The van der Waals surface area contributed by atoms with Crippen LogP contribution in [0.15, 0.2) is 53.0 Å². The maximum absolute atomic E-state index is 12.0. The fourth-order valence-electron chi connectivity index (χ4n) is 1.59. The molecule has 0 saturated carbocycles.